The Morgan fingerprint density at radius 1 is 1.00 bits per heavy atom. The number of carbonyl (C=O) groups excluding carboxylic acids is 2. The van der Waals surface area contributed by atoms with E-state index < -0.39 is 0 Å². The van der Waals surface area contributed by atoms with Gasteiger partial charge in [0.15, 0.2) is 18.4 Å². The fourth-order valence-corrected chi connectivity index (χ4v) is 2.39. The number of benzene rings is 2. The monoisotopic (exact) mass is 284 g/mol. The minimum Gasteiger partial charge on any atom is -0.507 e. The van der Waals surface area contributed by atoms with Crippen molar-refractivity contribution in [1.82, 2.24) is 0 Å². The maximum Gasteiger partial charge on any atom is 0.198 e. The number of phenols is 1. The molecule has 0 heterocycles. The van der Waals surface area contributed by atoms with Crippen molar-refractivity contribution < 1.29 is 24.2 Å². The molecule has 5 heteroatoms. The quantitative estimate of drug-likeness (QED) is 0.746. The molecule has 2 aromatic rings. The Kier molecular flexibility index (Phi) is 3.19. The van der Waals surface area contributed by atoms with Crippen LogP contribution in [0.2, 0.25) is 0 Å². The lowest BCUT2D eigenvalue weighted by atomic mass is 9.83. The van der Waals surface area contributed by atoms with Gasteiger partial charge in [-0.2, -0.15) is 0 Å². The second-order valence-electron chi connectivity index (χ2n) is 4.62. The molecule has 0 saturated carbocycles. The number of methoxy groups -OCH3 is 1. The maximum absolute atomic E-state index is 12.5. The maximum atomic E-state index is 12.5. The van der Waals surface area contributed by atoms with Crippen molar-refractivity contribution in [3.63, 3.8) is 0 Å². The van der Waals surface area contributed by atoms with Crippen LogP contribution in [0, 0.1) is 0 Å². The number of ether oxygens (including phenoxy) is 2. The van der Waals surface area contributed by atoms with Gasteiger partial charge in [0.25, 0.3) is 0 Å². The molecule has 0 aliphatic heterocycles. The summed E-state index contributed by atoms with van der Waals surface area (Å²) in [7, 11) is 1.46. The van der Waals surface area contributed by atoms with E-state index >= 15 is 0 Å². The van der Waals surface area contributed by atoms with E-state index in [-0.39, 0.29) is 41.0 Å². The van der Waals surface area contributed by atoms with Crippen molar-refractivity contribution >= 4 is 11.6 Å². The summed E-state index contributed by atoms with van der Waals surface area (Å²) < 4.78 is 10.0. The van der Waals surface area contributed by atoms with Crippen LogP contribution in [0.25, 0.3) is 0 Å². The summed E-state index contributed by atoms with van der Waals surface area (Å²) in [6.07, 6.45) is 0. The third-order valence-corrected chi connectivity index (χ3v) is 3.32. The highest BCUT2D eigenvalue weighted by Crippen LogP contribution is 2.35. The van der Waals surface area contributed by atoms with Crippen LogP contribution in [0.1, 0.15) is 31.8 Å². The van der Waals surface area contributed by atoms with Crippen LogP contribution in [0.4, 0.5) is 0 Å². The number of ketones is 2. The molecule has 0 atom stereocenters. The zero-order valence-electron chi connectivity index (χ0n) is 11.3. The highest BCUT2D eigenvalue weighted by molar-refractivity contribution is 6.29. The molecule has 106 valence electrons. The minimum atomic E-state index is -0.365. The summed E-state index contributed by atoms with van der Waals surface area (Å²) in [6.45, 7) is -0.0169. The number of aromatic hydroxyl groups is 1. The van der Waals surface area contributed by atoms with Crippen LogP contribution < -0.4 is 4.74 Å². The van der Waals surface area contributed by atoms with Gasteiger partial charge in [0.1, 0.15) is 11.5 Å². The lowest BCUT2D eigenvalue weighted by molar-refractivity contribution is 0.0509. The number of fused-ring (bicyclic) bond motifs is 2. The largest absolute Gasteiger partial charge is 0.507 e. The van der Waals surface area contributed by atoms with Gasteiger partial charge in [-0.25, -0.2) is 0 Å². The van der Waals surface area contributed by atoms with Crippen molar-refractivity contribution in [3.8, 4) is 11.5 Å². The topological polar surface area (TPSA) is 72.8 Å². The fraction of sp³-hybridized carbons (Fsp3) is 0.125. The molecule has 0 spiro atoms. The highest BCUT2D eigenvalue weighted by Gasteiger charge is 2.32. The zero-order chi connectivity index (χ0) is 15.0. The van der Waals surface area contributed by atoms with Crippen molar-refractivity contribution in [2.75, 3.05) is 13.9 Å². The SMILES string of the molecule is COCOc1cc(O)c2c(c1)C(=O)c1ccccc1C2=O. The van der Waals surface area contributed by atoms with Crippen LogP contribution in [0.5, 0.6) is 11.5 Å². The average Bonchev–Trinajstić information content (AvgIpc) is 2.50. The summed E-state index contributed by atoms with van der Waals surface area (Å²) in [5.74, 6) is -0.672. The van der Waals surface area contributed by atoms with E-state index in [9.17, 15) is 14.7 Å². The Balaban J connectivity index is 2.16. The van der Waals surface area contributed by atoms with Crippen molar-refractivity contribution in [2.45, 2.75) is 0 Å². The Labute approximate surface area is 120 Å². The first-order chi connectivity index (χ1) is 10.1. The minimum absolute atomic E-state index is 0.0169. The van der Waals surface area contributed by atoms with Crippen molar-refractivity contribution in [3.05, 3.63) is 58.7 Å². The van der Waals surface area contributed by atoms with E-state index in [2.05, 4.69) is 0 Å². The Hall–Kier alpha value is -2.66. The molecule has 0 amide bonds. The molecule has 0 fully saturated rings. The molecule has 1 aliphatic carbocycles. The van der Waals surface area contributed by atoms with Gasteiger partial charge in [0.2, 0.25) is 0 Å². The summed E-state index contributed by atoms with van der Waals surface area (Å²) >= 11 is 0. The van der Waals surface area contributed by atoms with Crippen molar-refractivity contribution in [2.24, 2.45) is 0 Å². The van der Waals surface area contributed by atoms with E-state index in [1.165, 1.54) is 19.2 Å². The Morgan fingerprint density at radius 2 is 1.67 bits per heavy atom. The molecule has 0 radical (unpaired) electrons. The summed E-state index contributed by atoms with van der Waals surface area (Å²) in [4.78, 5) is 24.9. The van der Waals surface area contributed by atoms with Crippen LogP contribution in [0.15, 0.2) is 36.4 Å². The van der Waals surface area contributed by atoms with Gasteiger partial charge < -0.3 is 14.6 Å². The molecule has 5 nitrogen and oxygen atoms in total. The number of rotatable bonds is 3. The second kappa shape index (κ2) is 5.03. The molecule has 1 N–H and O–H groups in total. The molecule has 0 bridgehead atoms. The van der Waals surface area contributed by atoms with Gasteiger partial charge in [-0.3, -0.25) is 9.59 Å². The number of hydrogen-bond acceptors (Lipinski definition) is 5. The number of carbonyl (C=O) groups is 2. The molecule has 1 aliphatic rings. The molecule has 0 saturated heterocycles. The van der Waals surface area contributed by atoms with Crippen LogP contribution >= 0.6 is 0 Å². The fourth-order valence-electron chi connectivity index (χ4n) is 2.39. The van der Waals surface area contributed by atoms with Gasteiger partial charge >= 0.3 is 0 Å². The Morgan fingerprint density at radius 3 is 2.33 bits per heavy atom. The third kappa shape index (κ3) is 2.08. The molecular formula is C16H12O5. The molecule has 0 aromatic heterocycles. The third-order valence-electron chi connectivity index (χ3n) is 3.32. The van der Waals surface area contributed by atoms with Gasteiger partial charge in [-0.05, 0) is 6.07 Å². The predicted octanol–water partition coefficient (Wildman–Crippen LogP) is 2.15. The van der Waals surface area contributed by atoms with Crippen LogP contribution in [-0.4, -0.2) is 30.6 Å². The first-order valence-corrected chi connectivity index (χ1v) is 6.30. The Bertz CT molecular complexity index is 748. The summed E-state index contributed by atoms with van der Waals surface area (Å²) in [6, 6.07) is 9.30. The van der Waals surface area contributed by atoms with Gasteiger partial charge in [-0.15, -0.1) is 0 Å². The van der Waals surface area contributed by atoms with Crippen LogP contribution in [-0.2, 0) is 4.74 Å². The lowest BCUT2D eigenvalue weighted by Gasteiger charge is -2.19. The molecule has 3 rings (SSSR count). The molecule has 21 heavy (non-hydrogen) atoms. The standard InChI is InChI=1S/C16H12O5/c1-20-8-21-9-6-12-14(13(17)7-9)16(19)11-5-3-2-4-10(11)15(12)18/h2-7,17H,8H2,1H3. The average molecular weight is 284 g/mol. The second-order valence-corrected chi connectivity index (χ2v) is 4.62. The van der Waals surface area contributed by atoms with E-state index in [4.69, 9.17) is 9.47 Å². The molecule has 0 unspecified atom stereocenters. The van der Waals surface area contributed by atoms with E-state index in [0.717, 1.165) is 0 Å². The lowest BCUT2D eigenvalue weighted by Crippen LogP contribution is -2.21. The zero-order valence-corrected chi connectivity index (χ0v) is 11.3. The first-order valence-electron chi connectivity index (χ1n) is 6.30. The smallest absolute Gasteiger partial charge is 0.198 e. The van der Waals surface area contributed by atoms with E-state index in [1.807, 2.05) is 0 Å². The van der Waals surface area contributed by atoms with Crippen molar-refractivity contribution in [1.29, 1.82) is 0 Å². The highest BCUT2D eigenvalue weighted by atomic mass is 16.7. The first kappa shape index (κ1) is 13.3. The molecular weight excluding hydrogens is 272 g/mol. The summed E-state index contributed by atoms with van der Waals surface area (Å²) in [5.41, 5.74) is 0.794. The molecule has 2 aromatic carbocycles. The van der Waals surface area contributed by atoms with Gasteiger partial charge in [0.05, 0.1) is 5.56 Å². The van der Waals surface area contributed by atoms with Gasteiger partial charge in [-0.1, -0.05) is 24.3 Å². The normalized spacial score (nSPS) is 12.8. The van der Waals surface area contributed by atoms with E-state index in [1.54, 1.807) is 24.3 Å². The van der Waals surface area contributed by atoms with Gasteiger partial charge in [0, 0.05) is 29.9 Å². The van der Waals surface area contributed by atoms with E-state index in [0.29, 0.717) is 11.1 Å². The number of phenolic OH excluding ortho intramolecular Hbond substituents is 1. The summed E-state index contributed by atoms with van der Waals surface area (Å²) in [5, 5.41) is 10.1. The number of hydrogen-bond donors (Lipinski definition) is 1. The van der Waals surface area contributed by atoms with Crippen LogP contribution in [0.3, 0.4) is 0 Å². The predicted molar refractivity (Wildman–Crippen MR) is 73.9 cm³/mol.